The van der Waals surface area contributed by atoms with Gasteiger partial charge in [0, 0.05) is 12.6 Å². The topological polar surface area (TPSA) is 40.5 Å². The smallest absolute Gasteiger partial charge is 0.310 e. The molecule has 0 bridgehead atoms. The van der Waals surface area contributed by atoms with E-state index in [9.17, 15) is 9.90 Å². The first-order valence-electron chi connectivity index (χ1n) is 7.41. The van der Waals surface area contributed by atoms with Crippen LogP contribution >= 0.6 is 0 Å². The van der Waals surface area contributed by atoms with Crippen molar-refractivity contribution in [2.45, 2.75) is 58.9 Å². The van der Waals surface area contributed by atoms with E-state index in [-0.39, 0.29) is 0 Å². The summed E-state index contributed by atoms with van der Waals surface area (Å²) in [6, 6.07) is 0.625. The van der Waals surface area contributed by atoms with Gasteiger partial charge in [-0.2, -0.15) is 0 Å². The van der Waals surface area contributed by atoms with Gasteiger partial charge in [-0.25, -0.2) is 0 Å². The number of aliphatic carboxylic acids is 1. The van der Waals surface area contributed by atoms with Crippen LogP contribution in [-0.4, -0.2) is 35.1 Å². The van der Waals surface area contributed by atoms with Crippen molar-refractivity contribution < 1.29 is 9.90 Å². The maximum Gasteiger partial charge on any atom is 0.310 e. The lowest BCUT2D eigenvalue weighted by molar-refractivity contribution is -0.147. The van der Waals surface area contributed by atoms with Crippen molar-refractivity contribution in [3.8, 4) is 0 Å². The van der Waals surface area contributed by atoms with Gasteiger partial charge in [0.1, 0.15) is 0 Å². The number of carbonyl (C=O) groups is 1. The van der Waals surface area contributed by atoms with Gasteiger partial charge in [-0.15, -0.1) is 0 Å². The summed E-state index contributed by atoms with van der Waals surface area (Å²) in [5.41, 5.74) is -0.515. The predicted molar refractivity (Wildman–Crippen MR) is 72.5 cm³/mol. The first-order valence-corrected chi connectivity index (χ1v) is 7.41. The van der Waals surface area contributed by atoms with E-state index in [0.717, 1.165) is 25.4 Å². The molecular formula is C15H27NO2. The lowest BCUT2D eigenvalue weighted by Gasteiger charge is -2.40. The van der Waals surface area contributed by atoms with Gasteiger partial charge in [0.05, 0.1) is 5.41 Å². The van der Waals surface area contributed by atoms with Crippen molar-refractivity contribution >= 4 is 5.97 Å². The van der Waals surface area contributed by atoms with Crippen LogP contribution in [0.5, 0.6) is 0 Å². The van der Waals surface area contributed by atoms with Gasteiger partial charge >= 0.3 is 5.97 Å². The molecule has 1 saturated carbocycles. The Morgan fingerprint density at radius 1 is 1.33 bits per heavy atom. The molecule has 0 aromatic heterocycles. The molecule has 2 rings (SSSR count). The van der Waals surface area contributed by atoms with Crippen LogP contribution in [0, 0.1) is 17.3 Å². The van der Waals surface area contributed by atoms with Crippen molar-refractivity contribution in [3.05, 3.63) is 0 Å². The molecular weight excluding hydrogens is 226 g/mol. The Morgan fingerprint density at radius 3 is 2.56 bits per heavy atom. The summed E-state index contributed by atoms with van der Waals surface area (Å²) >= 11 is 0. The Morgan fingerprint density at radius 2 is 2.00 bits per heavy atom. The average molecular weight is 253 g/mol. The number of carboxylic acid groups (broad SMARTS) is 1. The molecule has 1 N–H and O–H groups in total. The SMILES string of the molecule is CC(C)C1CCCCC1N1CCC(C)(C(=O)O)C1. The molecule has 3 nitrogen and oxygen atoms in total. The number of likely N-dealkylation sites (tertiary alicyclic amines) is 1. The second-order valence-electron chi connectivity index (χ2n) is 6.85. The quantitative estimate of drug-likeness (QED) is 0.840. The minimum Gasteiger partial charge on any atom is -0.481 e. The molecule has 0 spiro atoms. The molecule has 2 fully saturated rings. The zero-order chi connectivity index (χ0) is 13.3. The van der Waals surface area contributed by atoms with Crippen LogP contribution in [0.25, 0.3) is 0 Å². The second-order valence-corrected chi connectivity index (χ2v) is 6.85. The number of hydrogen-bond acceptors (Lipinski definition) is 2. The van der Waals surface area contributed by atoms with Crippen molar-refractivity contribution in [3.63, 3.8) is 0 Å². The van der Waals surface area contributed by atoms with Gasteiger partial charge in [0.2, 0.25) is 0 Å². The Labute approximate surface area is 111 Å². The molecule has 1 aliphatic heterocycles. The Bertz CT molecular complexity index is 316. The van der Waals surface area contributed by atoms with E-state index in [1.54, 1.807) is 0 Å². The fourth-order valence-corrected chi connectivity index (χ4v) is 3.83. The van der Waals surface area contributed by atoms with Crippen molar-refractivity contribution in [2.75, 3.05) is 13.1 Å². The summed E-state index contributed by atoms with van der Waals surface area (Å²) in [6.07, 6.45) is 6.06. The minimum absolute atomic E-state index is 0.515. The summed E-state index contributed by atoms with van der Waals surface area (Å²) in [6.45, 7) is 8.25. The highest BCUT2D eigenvalue weighted by Crippen LogP contribution is 2.39. The molecule has 3 atom stereocenters. The highest BCUT2D eigenvalue weighted by Gasteiger charge is 2.44. The summed E-state index contributed by atoms with van der Waals surface area (Å²) in [7, 11) is 0. The second kappa shape index (κ2) is 5.20. The first kappa shape index (κ1) is 13.9. The van der Waals surface area contributed by atoms with Gasteiger partial charge in [-0.3, -0.25) is 9.69 Å². The highest BCUT2D eigenvalue weighted by molar-refractivity contribution is 5.74. The van der Waals surface area contributed by atoms with E-state index in [0.29, 0.717) is 12.0 Å². The number of carboxylic acids is 1. The molecule has 1 aliphatic carbocycles. The fraction of sp³-hybridized carbons (Fsp3) is 0.933. The summed E-state index contributed by atoms with van der Waals surface area (Å²) < 4.78 is 0. The Balaban J connectivity index is 2.05. The third kappa shape index (κ3) is 2.56. The standard InChI is InChI=1S/C15H27NO2/c1-11(2)12-6-4-5-7-13(12)16-9-8-15(3,10-16)14(17)18/h11-13H,4-10H2,1-3H3,(H,17,18). The summed E-state index contributed by atoms with van der Waals surface area (Å²) in [4.78, 5) is 13.8. The number of hydrogen-bond donors (Lipinski definition) is 1. The Hall–Kier alpha value is -0.570. The monoisotopic (exact) mass is 253 g/mol. The normalized spacial score (nSPS) is 38.2. The van der Waals surface area contributed by atoms with Gasteiger partial charge in [0.15, 0.2) is 0 Å². The molecule has 0 amide bonds. The van der Waals surface area contributed by atoms with Crippen molar-refractivity contribution in [1.82, 2.24) is 4.90 Å². The van der Waals surface area contributed by atoms with Crippen LogP contribution in [-0.2, 0) is 4.79 Å². The van der Waals surface area contributed by atoms with Gasteiger partial charge in [0.25, 0.3) is 0 Å². The van der Waals surface area contributed by atoms with E-state index >= 15 is 0 Å². The third-order valence-electron chi connectivity index (χ3n) is 5.13. The molecule has 18 heavy (non-hydrogen) atoms. The predicted octanol–water partition coefficient (Wildman–Crippen LogP) is 3.00. The Kier molecular flexibility index (Phi) is 4.00. The van der Waals surface area contributed by atoms with Crippen LogP contribution in [0.3, 0.4) is 0 Å². The zero-order valence-corrected chi connectivity index (χ0v) is 12.0. The van der Waals surface area contributed by atoms with Crippen LogP contribution in [0.4, 0.5) is 0 Å². The van der Waals surface area contributed by atoms with E-state index < -0.39 is 11.4 Å². The molecule has 0 aromatic rings. The lowest BCUT2D eigenvalue weighted by atomic mass is 9.77. The number of rotatable bonds is 3. The van der Waals surface area contributed by atoms with E-state index in [2.05, 4.69) is 18.7 Å². The third-order valence-corrected chi connectivity index (χ3v) is 5.13. The zero-order valence-electron chi connectivity index (χ0n) is 12.0. The molecule has 0 aromatic carbocycles. The largest absolute Gasteiger partial charge is 0.481 e. The average Bonchev–Trinajstić information content (AvgIpc) is 2.73. The molecule has 0 radical (unpaired) electrons. The van der Waals surface area contributed by atoms with E-state index in [1.165, 1.54) is 25.7 Å². The summed E-state index contributed by atoms with van der Waals surface area (Å²) in [5.74, 6) is 0.851. The molecule has 1 heterocycles. The molecule has 104 valence electrons. The van der Waals surface area contributed by atoms with E-state index in [1.807, 2.05) is 6.92 Å². The maximum atomic E-state index is 11.3. The molecule has 1 saturated heterocycles. The first-order chi connectivity index (χ1) is 8.44. The van der Waals surface area contributed by atoms with Gasteiger partial charge in [-0.1, -0.05) is 26.7 Å². The van der Waals surface area contributed by atoms with Crippen molar-refractivity contribution in [2.24, 2.45) is 17.3 Å². The van der Waals surface area contributed by atoms with Crippen LogP contribution in [0.1, 0.15) is 52.9 Å². The molecule has 3 heteroatoms. The van der Waals surface area contributed by atoms with E-state index in [4.69, 9.17) is 0 Å². The number of nitrogens with zero attached hydrogens (tertiary/aromatic N) is 1. The minimum atomic E-state index is -0.623. The highest BCUT2D eigenvalue weighted by atomic mass is 16.4. The van der Waals surface area contributed by atoms with Gasteiger partial charge in [-0.05, 0) is 44.6 Å². The van der Waals surface area contributed by atoms with Crippen LogP contribution < -0.4 is 0 Å². The van der Waals surface area contributed by atoms with Crippen LogP contribution in [0.15, 0.2) is 0 Å². The molecule has 3 unspecified atom stereocenters. The lowest BCUT2D eigenvalue weighted by Crippen LogP contribution is -2.44. The van der Waals surface area contributed by atoms with Crippen LogP contribution in [0.2, 0.25) is 0 Å². The molecule has 2 aliphatic rings. The van der Waals surface area contributed by atoms with Crippen molar-refractivity contribution in [1.29, 1.82) is 0 Å². The van der Waals surface area contributed by atoms with Gasteiger partial charge < -0.3 is 5.11 Å². The maximum absolute atomic E-state index is 11.3. The summed E-state index contributed by atoms with van der Waals surface area (Å²) in [5, 5.41) is 9.34. The fourth-order valence-electron chi connectivity index (χ4n) is 3.83.